The zero-order valence-corrected chi connectivity index (χ0v) is 17.6. The molecule has 33 heavy (non-hydrogen) atoms. The molecule has 15 nitrogen and oxygen atoms in total. The second-order valence-corrected chi connectivity index (χ2v) is 8.52. The fraction of sp³-hybridized carbons (Fsp3) is 0.944. The highest BCUT2D eigenvalue weighted by Gasteiger charge is 2.51. The Kier molecular flexibility index (Phi) is 8.74. The van der Waals surface area contributed by atoms with Crippen LogP contribution in [0.25, 0.3) is 0 Å². The monoisotopic (exact) mass is 483 g/mol. The third-order valence-electron chi connectivity index (χ3n) is 6.23. The smallest absolute Gasteiger partial charge is 0.187 e. The largest absolute Gasteiger partial charge is 0.394 e. The van der Waals surface area contributed by atoms with E-state index in [1.54, 1.807) is 0 Å². The summed E-state index contributed by atoms with van der Waals surface area (Å²) in [4.78, 5) is 12.5. The summed E-state index contributed by atoms with van der Waals surface area (Å²) in [6.07, 6.45) is -18.3. The number of ketones is 1. The second-order valence-electron chi connectivity index (χ2n) is 8.52. The molecular weight excluding hydrogens is 450 g/mol. The van der Waals surface area contributed by atoms with E-state index in [4.69, 9.17) is 36.1 Å². The van der Waals surface area contributed by atoms with Gasteiger partial charge in [0.2, 0.25) is 0 Å². The van der Waals surface area contributed by atoms with Crippen molar-refractivity contribution in [3.05, 3.63) is 0 Å². The lowest BCUT2D eigenvalue weighted by molar-refractivity contribution is -0.324. The molecule has 14 atom stereocenters. The second kappa shape index (κ2) is 10.8. The lowest BCUT2D eigenvalue weighted by Gasteiger charge is -2.46. The maximum Gasteiger partial charge on any atom is 0.187 e. The number of aliphatic hydroxyl groups is 7. The van der Waals surface area contributed by atoms with Crippen LogP contribution >= 0.6 is 0 Å². The number of ether oxygens (including phenoxy) is 4. The van der Waals surface area contributed by atoms with Gasteiger partial charge in [-0.05, 0) is 0 Å². The molecule has 0 unspecified atom stereocenters. The van der Waals surface area contributed by atoms with Crippen LogP contribution in [-0.4, -0.2) is 140 Å². The van der Waals surface area contributed by atoms with Crippen LogP contribution in [0.1, 0.15) is 6.42 Å². The molecular formula is C18H33N3O12. The number of Topliss-reactive ketones (excluding diaryl/α,β-unsaturated/α-hetero) is 1. The third kappa shape index (κ3) is 5.21. The Bertz CT molecular complexity index is 672. The zero-order valence-electron chi connectivity index (χ0n) is 17.6. The van der Waals surface area contributed by atoms with Gasteiger partial charge in [0.05, 0.1) is 12.6 Å². The van der Waals surface area contributed by atoms with E-state index in [2.05, 4.69) is 0 Å². The Labute approximate surface area is 188 Å². The van der Waals surface area contributed by atoms with Crippen LogP contribution in [0.4, 0.5) is 0 Å². The Morgan fingerprint density at radius 2 is 1.42 bits per heavy atom. The predicted molar refractivity (Wildman–Crippen MR) is 105 cm³/mol. The summed E-state index contributed by atoms with van der Waals surface area (Å²) < 4.78 is 21.7. The first-order valence-electron chi connectivity index (χ1n) is 10.6. The van der Waals surface area contributed by atoms with E-state index in [9.17, 15) is 40.5 Å². The molecule has 2 heterocycles. The molecule has 3 rings (SSSR count). The molecule has 3 fully saturated rings. The normalized spacial score (nSPS) is 51.5. The fourth-order valence-corrected chi connectivity index (χ4v) is 4.17. The molecule has 0 aromatic rings. The Hall–Kier alpha value is -0.890. The summed E-state index contributed by atoms with van der Waals surface area (Å²) in [6, 6.07) is -2.29. The number of rotatable bonds is 6. The average molecular weight is 483 g/mol. The third-order valence-corrected chi connectivity index (χ3v) is 6.23. The lowest BCUT2D eigenvalue weighted by atomic mass is 9.86. The van der Waals surface area contributed by atoms with Crippen LogP contribution in [0.15, 0.2) is 0 Å². The number of hydrogen-bond acceptors (Lipinski definition) is 15. The van der Waals surface area contributed by atoms with Crippen molar-refractivity contribution in [2.24, 2.45) is 17.2 Å². The molecule has 13 N–H and O–H groups in total. The van der Waals surface area contributed by atoms with E-state index in [1.807, 2.05) is 0 Å². The van der Waals surface area contributed by atoms with Crippen LogP contribution in [-0.2, 0) is 23.7 Å². The van der Waals surface area contributed by atoms with Crippen molar-refractivity contribution >= 4 is 5.78 Å². The number of aliphatic hydroxyl groups excluding tert-OH is 7. The Morgan fingerprint density at radius 3 is 2.03 bits per heavy atom. The topological polar surface area (TPSA) is 274 Å². The van der Waals surface area contributed by atoms with Gasteiger partial charge in [-0.2, -0.15) is 0 Å². The Morgan fingerprint density at radius 1 is 0.818 bits per heavy atom. The maximum absolute atomic E-state index is 12.5. The first kappa shape index (κ1) is 26.7. The molecule has 0 spiro atoms. The highest BCUT2D eigenvalue weighted by atomic mass is 16.7. The predicted octanol–water partition coefficient (Wildman–Crippen LogP) is -7.05. The highest BCUT2D eigenvalue weighted by molar-refractivity contribution is 5.85. The van der Waals surface area contributed by atoms with E-state index < -0.39 is 98.1 Å². The molecule has 1 saturated carbocycles. The molecule has 0 amide bonds. The van der Waals surface area contributed by atoms with Gasteiger partial charge < -0.3 is 71.9 Å². The van der Waals surface area contributed by atoms with Gasteiger partial charge in [-0.25, -0.2) is 0 Å². The van der Waals surface area contributed by atoms with Gasteiger partial charge in [-0.1, -0.05) is 0 Å². The van der Waals surface area contributed by atoms with E-state index >= 15 is 0 Å². The summed E-state index contributed by atoms with van der Waals surface area (Å²) >= 11 is 0. The molecule has 1 aliphatic carbocycles. The van der Waals surface area contributed by atoms with Gasteiger partial charge in [0.15, 0.2) is 18.4 Å². The van der Waals surface area contributed by atoms with Gasteiger partial charge >= 0.3 is 0 Å². The van der Waals surface area contributed by atoms with Crippen LogP contribution in [0, 0.1) is 0 Å². The van der Waals surface area contributed by atoms with Gasteiger partial charge in [0.25, 0.3) is 0 Å². The van der Waals surface area contributed by atoms with Crippen molar-refractivity contribution in [1.29, 1.82) is 0 Å². The zero-order chi connectivity index (χ0) is 24.6. The molecule has 0 bridgehead atoms. The number of carbonyl (C=O) groups excluding carboxylic acids is 1. The summed E-state index contributed by atoms with van der Waals surface area (Å²) in [5, 5.41) is 70.5. The van der Waals surface area contributed by atoms with Crippen LogP contribution in [0.2, 0.25) is 0 Å². The molecule has 15 heteroatoms. The molecule has 2 aliphatic heterocycles. The summed E-state index contributed by atoms with van der Waals surface area (Å²) in [6.45, 7) is -0.851. The van der Waals surface area contributed by atoms with E-state index in [-0.39, 0.29) is 13.0 Å². The van der Waals surface area contributed by atoms with Crippen molar-refractivity contribution in [2.75, 3.05) is 13.2 Å². The fourth-order valence-electron chi connectivity index (χ4n) is 4.17. The maximum atomic E-state index is 12.5. The molecule has 0 aromatic carbocycles. The molecule has 2 saturated heterocycles. The molecule has 0 radical (unpaired) electrons. The average Bonchev–Trinajstić information content (AvgIpc) is 2.79. The van der Waals surface area contributed by atoms with E-state index in [0.717, 1.165) is 0 Å². The van der Waals surface area contributed by atoms with Crippen molar-refractivity contribution in [3.8, 4) is 0 Å². The number of nitrogens with two attached hydrogens (primary N) is 3. The lowest BCUT2D eigenvalue weighted by Crippen LogP contribution is -2.67. The quantitative estimate of drug-likeness (QED) is 0.168. The van der Waals surface area contributed by atoms with Crippen molar-refractivity contribution in [2.45, 2.75) is 92.1 Å². The first-order valence-corrected chi connectivity index (χ1v) is 10.6. The van der Waals surface area contributed by atoms with Crippen molar-refractivity contribution < 1.29 is 59.5 Å². The van der Waals surface area contributed by atoms with Gasteiger partial charge in [0.1, 0.15) is 61.0 Å². The highest BCUT2D eigenvalue weighted by Crippen LogP contribution is 2.30. The van der Waals surface area contributed by atoms with Gasteiger partial charge in [0, 0.05) is 19.0 Å². The van der Waals surface area contributed by atoms with Crippen molar-refractivity contribution in [3.63, 3.8) is 0 Å². The van der Waals surface area contributed by atoms with Crippen LogP contribution in [0.3, 0.4) is 0 Å². The minimum absolute atomic E-state index is 0.225. The van der Waals surface area contributed by atoms with Crippen molar-refractivity contribution in [1.82, 2.24) is 0 Å². The van der Waals surface area contributed by atoms with Gasteiger partial charge in [-0.15, -0.1) is 0 Å². The standard InChI is InChI=1S/C18H33N3O12/c19-2-6-10(25)12(27)13(28)18(30-6)33-16-5(23)1-4(20)15(14(16)29)32-17-11(26)8(21)9(24)7(3-22)31-17/h4,6-18,22,24-29H,1-3,19-21H2/t4-,6-,7-,8+,9-,10-,11-,12+,13-,14-,15+,16-,17-,18-/m1/s1. The molecule has 3 aliphatic rings. The first-order chi connectivity index (χ1) is 15.5. The number of hydrogen-bond donors (Lipinski definition) is 10. The molecule has 0 aromatic heterocycles. The molecule has 192 valence electrons. The van der Waals surface area contributed by atoms with E-state index in [0.29, 0.717) is 0 Å². The van der Waals surface area contributed by atoms with Crippen LogP contribution in [0.5, 0.6) is 0 Å². The van der Waals surface area contributed by atoms with E-state index in [1.165, 1.54) is 0 Å². The summed E-state index contributed by atoms with van der Waals surface area (Å²) in [7, 11) is 0. The summed E-state index contributed by atoms with van der Waals surface area (Å²) in [5.74, 6) is -0.652. The summed E-state index contributed by atoms with van der Waals surface area (Å²) in [5.41, 5.74) is 17.2. The Balaban J connectivity index is 1.73. The van der Waals surface area contributed by atoms with Crippen LogP contribution < -0.4 is 17.2 Å². The minimum atomic E-state index is -1.76. The number of carbonyl (C=O) groups is 1. The van der Waals surface area contributed by atoms with Gasteiger partial charge in [-0.3, -0.25) is 4.79 Å². The SMILES string of the molecule is NC[C@H]1O[C@H](O[C@@H]2C(=O)C[C@@H](N)[C@H](O[C@H]3O[C@H](CO)[C@@H](O)[C@H](N)[C@H]3O)[C@H]2O)[C@H](O)[C@@H](O)[C@@H]1O. The minimum Gasteiger partial charge on any atom is -0.394 e.